The molecular formula is C14H17N. The molecule has 78 valence electrons. The first-order valence-corrected chi connectivity index (χ1v) is 5.41. The van der Waals surface area contributed by atoms with Gasteiger partial charge in [0, 0.05) is 6.04 Å². The highest BCUT2D eigenvalue weighted by molar-refractivity contribution is 5.86. The summed E-state index contributed by atoms with van der Waals surface area (Å²) in [6.07, 6.45) is 0.952. The molecule has 2 rings (SSSR count). The van der Waals surface area contributed by atoms with Gasteiger partial charge in [-0.3, -0.25) is 0 Å². The molecule has 0 aromatic heterocycles. The minimum absolute atomic E-state index is 0.217. The number of aryl methyl sites for hydroxylation is 1. The Morgan fingerprint density at radius 3 is 2.60 bits per heavy atom. The summed E-state index contributed by atoms with van der Waals surface area (Å²) >= 11 is 0. The predicted molar refractivity (Wildman–Crippen MR) is 66.0 cm³/mol. The van der Waals surface area contributed by atoms with Crippen LogP contribution in [0, 0.1) is 6.92 Å². The smallest absolute Gasteiger partial charge is 0.00512 e. The minimum atomic E-state index is 0.217. The largest absolute Gasteiger partial charge is 0.328 e. The highest BCUT2D eigenvalue weighted by Crippen LogP contribution is 2.22. The van der Waals surface area contributed by atoms with E-state index < -0.39 is 0 Å². The van der Waals surface area contributed by atoms with Crippen molar-refractivity contribution in [2.45, 2.75) is 26.3 Å². The molecule has 1 nitrogen and oxygen atoms in total. The molecule has 2 aromatic rings. The third-order valence-electron chi connectivity index (χ3n) is 2.80. The minimum Gasteiger partial charge on any atom is -0.328 e. The topological polar surface area (TPSA) is 26.0 Å². The summed E-state index contributed by atoms with van der Waals surface area (Å²) in [6, 6.07) is 13.1. The molecule has 1 atom stereocenters. The van der Waals surface area contributed by atoms with E-state index in [2.05, 4.69) is 50.2 Å². The Balaban J connectivity index is 2.63. The van der Waals surface area contributed by atoms with Crippen LogP contribution in [0.3, 0.4) is 0 Å². The van der Waals surface area contributed by atoms with Crippen molar-refractivity contribution in [2.75, 3.05) is 0 Å². The van der Waals surface area contributed by atoms with Gasteiger partial charge >= 0.3 is 0 Å². The molecule has 15 heavy (non-hydrogen) atoms. The molecule has 0 aliphatic heterocycles. The van der Waals surface area contributed by atoms with Crippen LogP contribution in [-0.2, 0) is 6.42 Å². The van der Waals surface area contributed by atoms with E-state index in [1.54, 1.807) is 0 Å². The van der Waals surface area contributed by atoms with Crippen LogP contribution in [-0.4, -0.2) is 6.04 Å². The van der Waals surface area contributed by atoms with Crippen molar-refractivity contribution in [2.24, 2.45) is 5.73 Å². The van der Waals surface area contributed by atoms with Crippen LogP contribution >= 0.6 is 0 Å². The molecule has 0 bridgehead atoms. The van der Waals surface area contributed by atoms with E-state index in [9.17, 15) is 0 Å². The Bertz CT molecular complexity index is 472. The van der Waals surface area contributed by atoms with Gasteiger partial charge in [-0.15, -0.1) is 0 Å². The van der Waals surface area contributed by atoms with Crippen LogP contribution in [0.25, 0.3) is 10.8 Å². The highest BCUT2D eigenvalue weighted by Gasteiger charge is 2.06. The van der Waals surface area contributed by atoms with Crippen LogP contribution in [0.5, 0.6) is 0 Å². The Morgan fingerprint density at radius 1 is 1.13 bits per heavy atom. The maximum absolute atomic E-state index is 5.88. The number of hydrogen-bond acceptors (Lipinski definition) is 1. The van der Waals surface area contributed by atoms with Crippen molar-refractivity contribution in [1.82, 2.24) is 0 Å². The highest BCUT2D eigenvalue weighted by atomic mass is 14.6. The standard InChI is InChI=1S/C14H17N/c1-10-7-8-12-5-3-4-6-13(12)14(10)9-11(2)15/h3-8,11H,9,15H2,1-2H3. The fourth-order valence-corrected chi connectivity index (χ4v) is 2.04. The third-order valence-corrected chi connectivity index (χ3v) is 2.80. The molecule has 0 saturated carbocycles. The zero-order valence-electron chi connectivity index (χ0n) is 9.33. The molecule has 2 N–H and O–H groups in total. The van der Waals surface area contributed by atoms with Gasteiger partial charge in [-0.05, 0) is 42.2 Å². The maximum atomic E-state index is 5.88. The molecule has 0 fully saturated rings. The van der Waals surface area contributed by atoms with E-state index in [0.717, 1.165) is 6.42 Å². The third kappa shape index (κ3) is 2.02. The summed E-state index contributed by atoms with van der Waals surface area (Å²) in [7, 11) is 0. The molecule has 0 amide bonds. The Morgan fingerprint density at radius 2 is 1.87 bits per heavy atom. The normalized spacial score (nSPS) is 13.0. The van der Waals surface area contributed by atoms with Gasteiger partial charge in [0.2, 0.25) is 0 Å². The Labute approximate surface area is 90.9 Å². The van der Waals surface area contributed by atoms with E-state index >= 15 is 0 Å². The fraction of sp³-hybridized carbons (Fsp3) is 0.286. The van der Waals surface area contributed by atoms with Crippen molar-refractivity contribution < 1.29 is 0 Å². The van der Waals surface area contributed by atoms with E-state index in [-0.39, 0.29) is 6.04 Å². The van der Waals surface area contributed by atoms with Crippen LogP contribution in [0.15, 0.2) is 36.4 Å². The second-order valence-corrected chi connectivity index (χ2v) is 4.26. The van der Waals surface area contributed by atoms with E-state index in [4.69, 9.17) is 5.73 Å². The molecule has 2 aromatic carbocycles. The van der Waals surface area contributed by atoms with Gasteiger partial charge < -0.3 is 5.73 Å². The number of fused-ring (bicyclic) bond motifs is 1. The average molecular weight is 199 g/mol. The van der Waals surface area contributed by atoms with Gasteiger partial charge in [0.15, 0.2) is 0 Å². The summed E-state index contributed by atoms with van der Waals surface area (Å²) in [5.74, 6) is 0. The molecule has 0 saturated heterocycles. The lowest BCUT2D eigenvalue weighted by atomic mass is 9.95. The molecule has 0 spiro atoms. The van der Waals surface area contributed by atoms with Gasteiger partial charge in [0.25, 0.3) is 0 Å². The molecular weight excluding hydrogens is 182 g/mol. The quantitative estimate of drug-likeness (QED) is 0.790. The molecule has 0 heterocycles. The Hall–Kier alpha value is -1.34. The van der Waals surface area contributed by atoms with Crippen molar-refractivity contribution in [3.05, 3.63) is 47.5 Å². The monoisotopic (exact) mass is 199 g/mol. The maximum Gasteiger partial charge on any atom is 0.00512 e. The number of hydrogen-bond donors (Lipinski definition) is 1. The van der Waals surface area contributed by atoms with E-state index in [1.807, 2.05) is 0 Å². The lowest BCUT2D eigenvalue weighted by molar-refractivity contribution is 0.738. The van der Waals surface area contributed by atoms with Gasteiger partial charge in [-0.1, -0.05) is 36.4 Å². The van der Waals surface area contributed by atoms with Gasteiger partial charge in [-0.25, -0.2) is 0 Å². The van der Waals surface area contributed by atoms with Gasteiger partial charge in [0.05, 0.1) is 0 Å². The number of benzene rings is 2. The SMILES string of the molecule is Cc1ccc2ccccc2c1CC(C)N. The van der Waals surface area contributed by atoms with Crippen molar-refractivity contribution in [3.63, 3.8) is 0 Å². The second kappa shape index (κ2) is 4.03. The summed E-state index contributed by atoms with van der Waals surface area (Å²) in [5.41, 5.74) is 8.61. The summed E-state index contributed by atoms with van der Waals surface area (Å²) in [5, 5.41) is 2.65. The molecule has 0 aliphatic carbocycles. The number of nitrogens with two attached hydrogens (primary N) is 1. The van der Waals surface area contributed by atoms with Gasteiger partial charge in [-0.2, -0.15) is 0 Å². The Kier molecular flexibility index (Phi) is 2.74. The van der Waals surface area contributed by atoms with Crippen molar-refractivity contribution >= 4 is 10.8 Å². The zero-order valence-corrected chi connectivity index (χ0v) is 9.33. The molecule has 1 unspecified atom stereocenters. The van der Waals surface area contributed by atoms with E-state index in [0.29, 0.717) is 0 Å². The first kappa shape index (κ1) is 10.2. The van der Waals surface area contributed by atoms with Crippen LogP contribution in [0.2, 0.25) is 0 Å². The molecule has 0 aliphatic rings. The number of rotatable bonds is 2. The van der Waals surface area contributed by atoms with Crippen LogP contribution < -0.4 is 5.73 Å². The zero-order chi connectivity index (χ0) is 10.8. The fourth-order valence-electron chi connectivity index (χ4n) is 2.04. The lowest BCUT2D eigenvalue weighted by Gasteiger charge is -2.12. The predicted octanol–water partition coefficient (Wildman–Crippen LogP) is 3.04. The van der Waals surface area contributed by atoms with Crippen molar-refractivity contribution in [3.8, 4) is 0 Å². The van der Waals surface area contributed by atoms with Crippen LogP contribution in [0.4, 0.5) is 0 Å². The second-order valence-electron chi connectivity index (χ2n) is 4.26. The summed E-state index contributed by atoms with van der Waals surface area (Å²) in [4.78, 5) is 0. The first-order valence-electron chi connectivity index (χ1n) is 5.41. The lowest BCUT2D eigenvalue weighted by Crippen LogP contribution is -2.18. The van der Waals surface area contributed by atoms with Gasteiger partial charge in [0.1, 0.15) is 0 Å². The molecule has 1 heteroatoms. The average Bonchev–Trinajstić information content (AvgIpc) is 2.22. The van der Waals surface area contributed by atoms with E-state index in [1.165, 1.54) is 21.9 Å². The van der Waals surface area contributed by atoms with Crippen LogP contribution in [0.1, 0.15) is 18.1 Å². The summed E-state index contributed by atoms with van der Waals surface area (Å²) in [6.45, 7) is 4.21. The van der Waals surface area contributed by atoms with Crippen molar-refractivity contribution in [1.29, 1.82) is 0 Å². The first-order chi connectivity index (χ1) is 7.18. The summed E-state index contributed by atoms with van der Waals surface area (Å²) < 4.78 is 0. The molecule has 0 radical (unpaired) electrons.